The van der Waals surface area contributed by atoms with Gasteiger partial charge in [0.25, 0.3) is 0 Å². The van der Waals surface area contributed by atoms with E-state index in [0.29, 0.717) is 5.92 Å². The van der Waals surface area contributed by atoms with Crippen LogP contribution in [0.5, 0.6) is 0 Å². The predicted octanol–water partition coefficient (Wildman–Crippen LogP) is 4.79. The Morgan fingerprint density at radius 2 is 1.76 bits per heavy atom. The molecular weight excluding hydrogens is 264 g/mol. The van der Waals surface area contributed by atoms with E-state index >= 15 is 0 Å². The Morgan fingerprint density at radius 3 is 2.33 bits per heavy atom. The topological polar surface area (TPSA) is 57.5 Å². The molecule has 0 fully saturated rings. The molecule has 0 aromatic heterocycles. The van der Waals surface area contributed by atoms with E-state index in [-0.39, 0.29) is 5.92 Å². The molecule has 3 unspecified atom stereocenters. The summed E-state index contributed by atoms with van der Waals surface area (Å²) in [6, 6.07) is 0. The maximum Gasteiger partial charge on any atom is 0.306 e. The zero-order valence-electron chi connectivity index (χ0n) is 14.3. The van der Waals surface area contributed by atoms with Crippen molar-refractivity contribution >= 4 is 5.97 Å². The van der Waals surface area contributed by atoms with Gasteiger partial charge < -0.3 is 10.2 Å². The molecule has 3 nitrogen and oxygen atoms in total. The molecule has 0 radical (unpaired) electrons. The predicted molar refractivity (Wildman–Crippen MR) is 88.3 cm³/mol. The highest BCUT2D eigenvalue weighted by Gasteiger charge is 2.19. The van der Waals surface area contributed by atoms with Crippen LogP contribution in [0, 0.1) is 11.8 Å². The smallest absolute Gasteiger partial charge is 0.306 e. The summed E-state index contributed by atoms with van der Waals surface area (Å²) in [5.41, 5.74) is -0.558. The van der Waals surface area contributed by atoms with Crippen molar-refractivity contribution < 1.29 is 15.0 Å². The lowest BCUT2D eigenvalue weighted by Gasteiger charge is -2.23. The number of carboxylic acids is 1. The fourth-order valence-corrected chi connectivity index (χ4v) is 2.56. The van der Waals surface area contributed by atoms with Crippen LogP contribution in [0.15, 0.2) is 12.2 Å². The fourth-order valence-electron chi connectivity index (χ4n) is 2.56. The van der Waals surface area contributed by atoms with E-state index in [0.717, 1.165) is 51.4 Å². The van der Waals surface area contributed by atoms with Gasteiger partial charge in [-0.3, -0.25) is 4.79 Å². The summed E-state index contributed by atoms with van der Waals surface area (Å²) < 4.78 is 0. The fraction of sp³-hybridized carbons (Fsp3) is 0.833. The van der Waals surface area contributed by atoms with Gasteiger partial charge in [0.15, 0.2) is 0 Å². The first-order valence-electron chi connectivity index (χ1n) is 8.35. The first-order valence-corrected chi connectivity index (χ1v) is 8.35. The van der Waals surface area contributed by atoms with E-state index in [1.165, 1.54) is 0 Å². The molecular formula is C18H34O3. The van der Waals surface area contributed by atoms with E-state index in [9.17, 15) is 9.90 Å². The van der Waals surface area contributed by atoms with Crippen molar-refractivity contribution in [1.29, 1.82) is 0 Å². The van der Waals surface area contributed by atoms with Gasteiger partial charge in [0, 0.05) is 0 Å². The van der Waals surface area contributed by atoms with Crippen LogP contribution in [0.1, 0.15) is 79.1 Å². The van der Waals surface area contributed by atoms with Crippen LogP contribution in [0.4, 0.5) is 0 Å². The number of aliphatic carboxylic acids is 1. The number of aliphatic hydroxyl groups is 1. The minimum Gasteiger partial charge on any atom is -0.481 e. The van der Waals surface area contributed by atoms with Crippen molar-refractivity contribution in [2.45, 2.75) is 84.7 Å². The highest BCUT2D eigenvalue weighted by atomic mass is 16.4. The van der Waals surface area contributed by atoms with E-state index in [2.05, 4.69) is 13.0 Å². The Hall–Kier alpha value is -0.830. The molecule has 2 N–H and O–H groups in total. The monoisotopic (exact) mass is 298 g/mol. The second-order valence-electron chi connectivity index (χ2n) is 6.77. The lowest BCUT2D eigenvalue weighted by atomic mass is 9.89. The van der Waals surface area contributed by atoms with Crippen molar-refractivity contribution in [3.63, 3.8) is 0 Å². The van der Waals surface area contributed by atoms with Gasteiger partial charge in [-0.15, -0.1) is 0 Å². The molecule has 124 valence electrons. The molecule has 0 bridgehead atoms. The molecule has 0 amide bonds. The molecule has 0 saturated carbocycles. The number of allylic oxidation sites excluding steroid dienone is 2. The first-order chi connectivity index (χ1) is 9.78. The molecule has 0 aromatic rings. The van der Waals surface area contributed by atoms with Gasteiger partial charge in [0.2, 0.25) is 0 Å². The van der Waals surface area contributed by atoms with Crippen molar-refractivity contribution in [2.24, 2.45) is 11.8 Å². The normalized spacial score (nSPS) is 17.6. The van der Waals surface area contributed by atoms with Crippen molar-refractivity contribution in [3.8, 4) is 0 Å². The molecule has 21 heavy (non-hydrogen) atoms. The van der Waals surface area contributed by atoms with Crippen LogP contribution in [0.2, 0.25) is 0 Å². The second kappa shape index (κ2) is 10.8. The minimum absolute atomic E-state index is 0.232. The van der Waals surface area contributed by atoms with Gasteiger partial charge in [0.1, 0.15) is 0 Å². The first kappa shape index (κ1) is 20.2. The average molecular weight is 298 g/mol. The quantitative estimate of drug-likeness (QED) is 0.509. The molecule has 0 aliphatic rings. The third-order valence-electron chi connectivity index (χ3n) is 4.25. The highest BCUT2D eigenvalue weighted by Crippen LogP contribution is 2.23. The van der Waals surface area contributed by atoms with Crippen LogP contribution in [-0.4, -0.2) is 21.8 Å². The van der Waals surface area contributed by atoms with Crippen LogP contribution in [0.3, 0.4) is 0 Å². The number of hydrogen-bond acceptors (Lipinski definition) is 2. The molecule has 3 atom stereocenters. The van der Waals surface area contributed by atoms with Crippen LogP contribution in [0.25, 0.3) is 0 Å². The molecule has 0 saturated heterocycles. The molecule has 0 aromatic carbocycles. The maximum atomic E-state index is 10.7. The number of hydrogen-bond donors (Lipinski definition) is 2. The molecule has 0 heterocycles. The Bertz CT molecular complexity index is 308. The zero-order valence-corrected chi connectivity index (χ0v) is 14.3. The Labute approximate surface area is 130 Å². The Kier molecular flexibility index (Phi) is 10.4. The molecule has 0 spiro atoms. The summed E-state index contributed by atoms with van der Waals surface area (Å²) in [5.74, 6) is -0.318. The molecule has 0 aliphatic heterocycles. The largest absolute Gasteiger partial charge is 0.481 e. The van der Waals surface area contributed by atoms with Gasteiger partial charge in [0.05, 0.1) is 11.5 Å². The van der Waals surface area contributed by atoms with Gasteiger partial charge in [-0.05, 0) is 45.4 Å². The standard InChI is InChI=1S/C18H34O3/c1-5-6-7-13-18(4,21)14-9-11-15(2)10-8-12-16(3)17(19)20/h5-6,15-16,21H,7-14H2,1-4H3,(H,19,20)/b6-5-. The Balaban J connectivity index is 3.73. The summed E-state index contributed by atoms with van der Waals surface area (Å²) in [4.78, 5) is 10.7. The number of carboxylic acid groups (broad SMARTS) is 1. The van der Waals surface area contributed by atoms with Crippen molar-refractivity contribution in [1.82, 2.24) is 0 Å². The third kappa shape index (κ3) is 11.5. The van der Waals surface area contributed by atoms with Gasteiger partial charge in [-0.2, -0.15) is 0 Å². The Morgan fingerprint density at radius 1 is 1.14 bits per heavy atom. The van der Waals surface area contributed by atoms with Gasteiger partial charge >= 0.3 is 5.97 Å². The molecule has 0 aliphatic carbocycles. The van der Waals surface area contributed by atoms with E-state index in [4.69, 9.17) is 5.11 Å². The maximum absolute atomic E-state index is 10.7. The lowest BCUT2D eigenvalue weighted by molar-refractivity contribution is -0.141. The van der Waals surface area contributed by atoms with Gasteiger partial charge in [-0.1, -0.05) is 51.7 Å². The molecule has 3 heteroatoms. The average Bonchev–Trinajstić information content (AvgIpc) is 2.38. The third-order valence-corrected chi connectivity index (χ3v) is 4.25. The number of rotatable bonds is 12. The van der Waals surface area contributed by atoms with E-state index in [1.807, 2.05) is 19.9 Å². The van der Waals surface area contributed by atoms with Gasteiger partial charge in [-0.25, -0.2) is 0 Å². The summed E-state index contributed by atoms with van der Waals surface area (Å²) in [5, 5.41) is 19.1. The lowest BCUT2D eigenvalue weighted by Crippen LogP contribution is -2.23. The SMILES string of the molecule is C/C=C\CCC(C)(O)CCCC(C)CCCC(C)C(=O)O. The molecule has 0 rings (SSSR count). The zero-order chi connectivity index (χ0) is 16.3. The summed E-state index contributed by atoms with van der Waals surface area (Å²) in [6.45, 7) is 7.92. The summed E-state index contributed by atoms with van der Waals surface area (Å²) in [6.07, 6.45) is 11.7. The minimum atomic E-state index is -0.695. The summed E-state index contributed by atoms with van der Waals surface area (Å²) >= 11 is 0. The van der Waals surface area contributed by atoms with E-state index < -0.39 is 11.6 Å². The summed E-state index contributed by atoms with van der Waals surface area (Å²) in [7, 11) is 0. The van der Waals surface area contributed by atoms with Crippen molar-refractivity contribution in [2.75, 3.05) is 0 Å². The number of carbonyl (C=O) groups is 1. The van der Waals surface area contributed by atoms with Crippen LogP contribution >= 0.6 is 0 Å². The van der Waals surface area contributed by atoms with Crippen LogP contribution < -0.4 is 0 Å². The van der Waals surface area contributed by atoms with E-state index in [1.54, 1.807) is 6.92 Å². The second-order valence-corrected chi connectivity index (χ2v) is 6.77. The highest BCUT2D eigenvalue weighted by molar-refractivity contribution is 5.69. The van der Waals surface area contributed by atoms with Crippen molar-refractivity contribution in [3.05, 3.63) is 12.2 Å². The van der Waals surface area contributed by atoms with Crippen LogP contribution in [-0.2, 0) is 4.79 Å².